The lowest BCUT2D eigenvalue weighted by Gasteiger charge is -2.40. The second-order valence-electron chi connectivity index (χ2n) is 10.0. The van der Waals surface area contributed by atoms with Crippen LogP contribution in [-0.4, -0.2) is 54.2 Å². The van der Waals surface area contributed by atoms with Gasteiger partial charge in [-0.15, -0.1) is 0 Å². The first-order valence-corrected chi connectivity index (χ1v) is 12.3. The highest BCUT2D eigenvalue weighted by Gasteiger charge is 2.31. The maximum atomic E-state index is 14.9. The van der Waals surface area contributed by atoms with Crippen molar-refractivity contribution >= 4 is 11.7 Å². The lowest BCUT2D eigenvalue weighted by Crippen LogP contribution is -2.38. The Morgan fingerprint density at radius 2 is 1.74 bits per heavy atom. The Balaban J connectivity index is 2.34. The van der Waals surface area contributed by atoms with Crippen LogP contribution < -0.4 is 9.64 Å². The highest BCUT2D eigenvalue weighted by molar-refractivity contribution is 5.86. The molecule has 1 aromatic heterocycles. The fraction of sp³-hybridized carbons (Fsp3) is 0.556. The van der Waals surface area contributed by atoms with Gasteiger partial charge in [-0.05, 0) is 56.0 Å². The molecule has 6 nitrogen and oxygen atoms in total. The van der Waals surface area contributed by atoms with Crippen molar-refractivity contribution in [2.75, 3.05) is 38.2 Å². The van der Waals surface area contributed by atoms with E-state index in [0.29, 0.717) is 34.6 Å². The zero-order valence-electron chi connectivity index (χ0n) is 21.7. The highest BCUT2D eigenvalue weighted by atomic mass is 19.1. The molecule has 0 spiro atoms. The summed E-state index contributed by atoms with van der Waals surface area (Å²) < 4.78 is 34.7. The van der Waals surface area contributed by atoms with E-state index in [4.69, 9.17) is 9.72 Å². The molecule has 1 saturated heterocycles. The predicted octanol–water partition coefficient (Wildman–Crippen LogP) is 5.44. The van der Waals surface area contributed by atoms with Crippen LogP contribution in [0, 0.1) is 24.0 Å². The van der Waals surface area contributed by atoms with Crippen LogP contribution in [0.1, 0.15) is 57.5 Å². The molecule has 0 aliphatic carbocycles. The summed E-state index contributed by atoms with van der Waals surface area (Å²) in [6.07, 6.45) is 1.64. The molecule has 3 rings (SSSR count). The van der Waals surface area contributed by atoms with Gasteiger partial charge in [0.15, 0.2) is 17.4 Å². The lowest BCUT2D eigenvalue weighted by atomic mass is 9.82. The molecule has 0 saturated carbocycles. The molecule has 2 aromatic rings. The van der Waals surface area contributed by atoms with Crippen LogP contribution in [-0.2, 0) is 17.8 Å². The van der Waals surface area contributed by atoms with E-state index in [-0.39, 0.29) is 11.8 Å². The molecule has 1 fully saturated rings. The molecule has 1 N–H and O–H groups in total. The Morgan fingerprint density at radius 1 is 1.17 bits per heavy atom. The fourth-order valence-electron chi connectivity index (χ4n) is 4.81. The van der Waals surface area contributed by atoms with E-state index < -0.39 is 23.4 Å². The number of anilines is 1. The number of methoxy groups -OCH3 is 1. The van der Waals surface area contributed by atoms with Gasteiger partial charge in [-0.2, -0.15) is 0 Å². The van der Waals surface area contributed by atoms with Gasteiger partial charge in [0.05, 0.1) is 24.9 Å². The van der Waals surface area contributed by atoms with Gasteiger partial charge in [0.25, 0.3) is 0 Å². The molecule has 1 aliphatic heterocycles. The normalized spacial score (nSPS) is 15.5. The smallest absolute Gasteiger partial charge is 0.307 e. The summed E-state index contributed by atoms with van der Waals surface area (Å²) in [5.74, 6) is -3.01. The Kier molecular flexibility index (Phi) is 8.36. The van der Waals surface area contributed by atoms with E-state index in [2.05, 4.69) is 37.5 Å². The molecule has 1 aliphatic rings. The molecular formula is C27H37F2N3O3. The number of aromatic nitrogens is 1. The lowest BCUT2D eigenvalue weighted by molar-refractivity contribution is -0.136. The van der Waals surface area contributed by atoms with Crippen LogP contribution in [0.15, 0.2) is 12.1 Å². The van der Waals surface area contributed by atoms with Gasteiger partial charge in [-0.25, -0.2) is 8.78 Å². The number of benzene rings is 1. The first kappa shape index (κ1) is 26.9. The number of halogens is 2. The van der Waals surface area contributed by atoms with Crippen molar-refractivity contribution in [3.63, 3.8) is 0 Å². The van der Waals surface area contributed by atoms with Crippen LogP contribution in [0.2, 0.25) is 0 Å². The van der Waals surface area contributed by atoms with Gasteiger partial charge < -0.3 is 14.7 Å². The number of hydrogen-bond acceptors (Lipinski definition) is 5. The van der Waals surface area contributed by atoms with Crippen molar-refractivity contribution in [2.45, 2.75) is 60.4 Å². The number of carboxylic acids is 1. The van der Waals surface area contributed by atoms with Gasteiger partial charge in [0.1, 0.15) is 0 Å². The standard InChI is InChI=1S/C27H37F2N3O3/c1-7-31(8-2)16-22-24(18-13-20(28)26(35-6)21(29)14-18)25(19(15-23(33)34)17(3)30-22)32-11-9-27(4,5)10-12-32/h13-14H,7-12,15-16H2,1-6H3,(H,33,34). The number of pyridine rings is 1. The van der Waals surface area contributed by atoms with Gasteiger partial charge in [0.2, 0.25) is 0 Å². The minimum Gasteiger partial charge on any atom is -0.491 e. The number of carbonyl (C=O) groups is 1. The van der Waals surface area contributed by atoms with Crippen LogP contribution in [0.3, 0.4) is 0 Å². The SMILES string of the molecule is CCN(CC)Cc1nc(C)c(CC(=O)O)c(N2CCC(C)(C)CC2)c1-c1cc(F)c(OC)c(F)c1. The first-order chi connectivity index (χ1) is 16.5. The minimum absolute atomic E-state index is 0.175. The van der Waals surface area contributed by atoms with Crippen molar-refractivity contribution in [3.8, 4) is 16.9 Å². The summed E-state index contributed by atoms with van der Waals surface area (Å²) in [5.41, 5.74) is 3.74. The van der Waals surface area contributed by atoms with E-state index in [0.717, 1.165) is 44.7 Å². The van der Waals surface area contributed by atoms with Crippen molar-refractivity contribution in [1.29, 1.82) is 0 Å². The maximum Gasteiger partial charge on any atom is 0.307 e. The predicted molar refractivity (Wildman–Crippen MR) is 134 cm³/mol. The molecule has 1 aromatic carbocycles. The average Bonchev–Trinajstić information content (AvgIpc) is 2.78. The molecule has 0 bridgehead atoms. The number of nitrogens with zero attached hydrogens (tertiary/aromatic N) is 3. The third-order valence-corrected chi connectivity index (χ3v) is 7.07. The van der Waals surface area contributed by atoms with Gasteiger partial charge >= 0.3 is 5.97 Å². The number of aliphatic carboxylic acids is 1. The number of aryl methyl sites for hydroxylation is 1. The summed E-state index contributed by atoms with van der Waals surface area (Å²) in [4.78, 5) is 21.0. The third kappa shape index (κ3) is 5.92. The van der Waals surface area contributed by atoms with E-state index >= 15 is 0 Å². The van der Waals surface area contributed by atoms with E-state index in [1.54, 1.807) is 0 Å². The van der Waals surface area contributed by atoms with Crippen molar-refractivity contribution in [2.24, 2.45) is 5.41 Å². The Labute approximate surface area is 206 Å². The van der Waals surface area contributed by atoms with Gasteiger partial charge in [-0.3, -0.25) is 14.7 Å². The number of carboxylic acid groups (broad SMARTS) is 1. The maximum absolute atomic E-state index is 14.9. The third-order valence-electron chi connectivity index (χ3n) is 7.07. The zero-order chi connectivity index (χ0) is 25.9. The van der Waals surface area contributed by atoms with Crippen molar-refractivity contribution in [3.05, 3.63) is 40.7 Å². The Hall–Kier alpha value is -2.74. The van der Waals surface area contributed by atoms with E-state index in [9.17, 15) is 18.7 Å². The number of piperidine rings is 1. The van der Waals surface area contributed by atoms with Crippen LogP contribution >= 0.6 is 0 Å². The van der Waals surface area contributed by atoms with Gasteiger partial charge in [0, 0.05) is 36.5 Å². The number of rotatable bonds is 9. The van der Waals surface area contributed by atoms with Crippen LogP contribution in [0.4, 0.5) is 14.5 Å². The summed E-state index contributed by atoms with van der Waals surface area (Å²) in [6, 6.07) is 2.53. The van der Waals surface area contributed by atoms with Crippen molar-refractivity contribution < 1.29 is 23.4 Å². The molecule has 0 atom stereocenters. The number of hydrogen-bond donors (Lipinski definition) is 1. The first-order valence-electron chi connectivity index (χ1n) is 12.3. The summed E-state index contributed by atoms with van der Waals surface area (Å²) in [6.45, 7) is 13.9. The largest absolute Gasteiger partial charge is 0.491 e. The molecule has 8 heteroatoms. The average molecular weight is 490 g/mol. The summed E-state index contributed by atoms with van der Waals surface area (Å²) in [7, 11) is 1.23. The zero-order valence-corrected chi connectivity index (χ0v) is 21.7. The monoisotopic (exact) mass is 489 g/mol. The van der Waals surface area contributed by atoms with Crippen molar-refractivity contribution in [1.82, 2.24) is 9.88 Å². The van der Waals surface area contributed by atoms with Crippen LogP contribution in [0.5, 0.6) is 5.75 Å². The molecule has 0 unspecified atom stereocenters. The Bertz CT molecular complexity index is 1050. The van der Waals surface area contributed by atoms with Gasteiger partial charge in [-0.1, -0.05) is 27.7 Å². The fourth-order valence-corrected chi connectivity index (χ4v) is 4.81. The quantitative estimate of drug-likeness (QED) is 0.506. The summed E-state index contributed by atoms with van der Waals surface area (Å²) in [5, 5.41) is 9.72. The molecule has 2 heterocycles. The van der Waals surface area contributed by atoms with Crippen LogP contribution in [0.25, 0.3) is 11.1 Å². The number of ether oxygens (including phenoxy) is 1. The highest BCUT2D eigenvalue weighted by Crippen LogP contribution is 2.43. The molecule has 35 heavy (non-hydrogen) atoms. The summed E-state index contributed by atoms with van der Waals surface area (Å²) >= 11 is 0. The second kappa shape index (κ2) is 10.9. The van der Waals surface area contributed by atoms with E-state index in [1.165, 1.54) is 19.2 Å². The molecular weight excluding hydrogens is 452 g/mol. The molecule has 192 valence electrons. The molecule has 0 radical (unpaired) electrons. The topological polar surface area (TPSA) is 65.9 Å². The Morgan fingerprint density at radius 3 is 2.23 bits per heavy atom. The van der Waals surface area contributed by atoms with E-state index in [1.807, 2.05) is 6.92 Å². The second-order valence-corrected chi connectivity index (χ2v) is 10.0. The molecule has 0 amide bonds. The minimum atomic E-state index is -0.969.